The minimum Gasteiger partial charge on any atom is -0.350 e. The number of alkyl halides is 1. The van der Waals surface area contributed by atoms with Crippen LogP contribution < -0.4 is 4.90 Å². The number of hydrogen-bond acceptors (Lipinski definition) is 3. The fraction of sp³-hybridized carbons (Fsp3) is 0.636. The van der Waals surface area contributed by atoms with Crippen LogP contribution in [0.15, 0.2) is 6.33 Å². The van der Waals surface area contributed by atoms with Gasteiger partial charge >= 0.3 is 0 Å². The molecule has 16 heavy (non-hydrogen) atoms. The van der Waals surface area contributed by atoms with Crippen molar-refractivity contribution in [3.8, 4) is 0 Å². The molecule has 1 aliphatic rings. The molecule has 0 spiro atoms. The molecule has 0 radical (unpaired) electrons. The lowest BCUT2D eigenvalue weighted by molar-refractivity contribution is 0.384. The molecule has 1 saturated carbocycles. The average molecular weight is 244 g/mol. The summed E-state index contributed by atoms with van der Waals surface area (Å²) in [5.41, 5.74) is 0.392. The van der Waals surface area contributed by atoms with E-state index in [0.29, 0.717) is 30.0 Å². The van der Waals surface area contributed by atoms with E-state index in [2.05, 4.69) is 9.97 Å². The topological polar surface area (TPSA) is 29.0 Å². The van der Waals surface area contributed by atoms with Crippen molar-refractivity contribution in [2.45, 2.75) is 32.2 Å². The number of hydrogen-bond donors (Lipinski definition) is 0. The Hall–Kier alpha value is -0.900. The molecule has 5 heteroatoms. The fourth-order valence-corrected chi connectivity index (χ4v) is 2.08. The van der Waals surface area contributed by atoms with E-state index in [0.717, 1.165) is 12.8 Å². The van der Waals surface area contributed by atoms with Crippen LogP contribution in [0.25, 0.3) is 0 Å². The number of aromatic nitrogens is 2. The van der Waals surface area contributed by atoms with Gasteiger partial charge in [0.25, 0.3) is 0 Å². The average Bonchev–Trinajstić information content (AvgIpc) is 2.19. The number of anilines is 1. The Kier molecular flexibility index (Phi) is 3.59. The summed E-state index contributed by atoms with van der Waals surface area (Å²) in [6.07, 6.45) is 4.81. The lowest BCUT2D eigenvalue weighted by Crippen LogP contribution is -2.42. The number of aryl methyl sites for hydroxylation is 1. The lowest BCUT2D eigenvalue weighted by atomic mass is 9.91. The van der Waals surface area contributed by atoms with Crippen molar-refractivity contribution < 1.29 is 4.39 Å². The van der Waals surface area contributed by atoms with Crippen LogP contribution in [0.3, 0.4) is 0 Å². The summed E-state index contributed by atoms with van der Waals surface area (Å²) in [4.78, 5) is 9.85. The Balaban J connectivity index is 2.26. The van der Waals surface area contributed by atoms with Crippen molar-refractivity contribution in [2.24, 2.45) is 0 Å². The second-order valence-electron chi connectivity index (χ2n) is 4.06. The summed E-state index contributed by atoms with van der Waals surface area (Å²) in [5, 5.41) is 0. The molecular formula is C11H15ClFN3. The van der Waals surface area contributed by atoms with Crippen LogP contribution >= 0.6 is 11.6 Å². The zero-order valence-corrected chi connectivity index (χ0v) is 10.0. The van der Waals surface area contributed by atoms with Gasteiger partial charge in [-0.05, 0) is 26.2 Å². The summed E-state index contributed by atoms with van der Waals surface area (Å²) >= 11 is 5.76. The minimum absolute atomic E-state index is 0.320. The zero-order chi connectivity index (χ0) is 11.5. The highest BCUT2D eigenvalue weighted by Gasteiger charge is 2.27. The molecule has 0 saturated heterocycles. The third-order valence-electron chi connectivity index (χ3n) is 3.06. The van der Waals surface area contributed by atoms with Crippen LogP contribution in [0.2, 0.25) is 0 Å². The molecule has 0 atom stereocenters. The SMILES string of the molecule is Cc1ncnc(N(CCCl)C2CCC2)c1F. The van der Waals surface area contributed by atoms with E-state index in [1.807, 2.05) is 4.90 Å². The first kappa shape index (κ1) is 11.6. The van der Waals surface area contributed by atoms with E-state index < -0.39 is 0 Å². The number of halogens is 2. The highest BCUT2D eigenvalue weighted by Crippen LogP contribution is 2.30. The van der Waals surface area contributed by atoms with Crippen LogP contribution in [-0.4, -0.2) is 28.4 Å². The van der Waals surface area contributed by atoms with E-state index in [9.17, 15) is 4.39 Å². The first-order valence-corrected chi connectivity index (χ1v) is 6.07. The Morgan fingerprint density at radius 1 is 1.50 bits per heavy atom. The molecule has 2 rings (SSSR count). The lowest BCUT2D eigenvalue weighted by Gasteiger charge is -2.38. The molecular weight excluding hydrogens is 229 g/mol. The van der Waals surface area contributed by atoms with Gasteiger partial charge in [0.1, 0.15) is 6.33 Å². The van der Waals surface area contributed by atoms with Gasteiger partial charge < -0.3 is 4.90 Å². The third kappa shape index (κ3) is 2.12. The Morgan fingerprint density at radius 2 is 2.25 bits per heavy atom. The van der Waals surface area contributed by atoms with Crippen LogP contribution in [-0.2, 0) is 0 Å². The van der Waals surface area contributed by atoms with E-state index in [1.165, 1.54) is 12.7 Å². The molecule has 1 aromatic rings. The van der Waals surface area contributed by atoms with Crippen molar-refractivity contribution in [3.05, 3.63) is 17.8 Å². The van der Waals surface area contributed by atoms with Crippen LogP contribution in [0.4, 0.5) is 10.2 Å². The monoisotopic (exact) mass is 243 g/mol. The highest BCUT2D eigenvalue weighted by molar-refractivity contribution is 6.18. The molecule has 1 heterocycles. The minimum atomic E-state index is -0.320. The molecule has 0 bridgehead atoms. The van der Waals surface area contributed by atoms with Crippen LogP contribution in [0.1, 0.15) is 25.0 Å². The van der Waals surface area contributed by atoms with E-state index in [4.69, 9.17) is 11.6 Å². The summed E-state index contributed by atoms with van der Waals surface area (Å²) in [5.74, 6) is 0.566. The molecule has 0 N–H and O–H groups in total. The van der Waals surface area contributed by atoms with E-state index in [-0.39, 0.29) is 5.82 Å². The number of rotatable bonds is 4. The number of nitrogens with zero attached hydrogens (tertiary/aromatic N) is 3. The van der Waals surface area contributed by atoms with Crippen LogP contribution in [0.5, 0.6) is 0 Å². The van der Waals surface area contributed by atoms with Crippen molar-refractivity contribution in [3.63, 3.8) is 0 Å². The molecule has 0 unspecified atom stereocenters. The quantitative estimate of drug-likeness (QED) is 0.761. The highest BCUT2D eigenvalue weighted by atomic mass is 35.5. The smallest absolute Gasteiger partial charge is 0.186 e. The molecule has 1 fully saturated rings. The van der Waals surface area contributed by atoms with Crippen molar-refractivity contribution in [2.75, 3.05) is 17.3 Å². The van der Waals surface area contributed by atoms with Gasteiger partial charge in [0.15, 0.2) is 11.6 Å². The first-order valence-electron chi connectivity index (χ1n) is 5.53. The van der Waals surface area contributed by atoms with Crippen molar-refractivity contribution in [1.29, 1.82) is 0 Å². The largest absolute Gasteiger partial charge is 0.350 e. The summed E-state index contributed by atoms with van der Waals surface area (Å²) < 4.78 is 13.9. The van der Waals surface area contributed by atoms with Gasteiger partial charge in [0.05, 0.1) is 5.69 Å². The molecule has 0 aromatic carbocycles. The second kappa shape index (κ2) is 4.95. The first-order chi connectivity index (χ1) is 7.74. The van der Waals surface area contributed by atoms with Crippen LogP contribution in [0, 0.1) is 12.7 Å². The standard InChI is InChI=1S/C11H15ClFN3/c1-8-10(13)11(15-7-14-8)16(6-5-12)9-3-2-4-9/h7,9H,2-6H2,1H3. The molecule has 0 amide bonds. The zero-order valence-electron chi connectivity index (χ0n) is 9.29. The summed E-state index contributed by atoms with van der Waals surface area (Å²) in [6.45, 7) is 2.29. The van der Waals surface area contributed by atoms with Gasteiger partial charge in [0, 0.05) is 18.5 Å². The summed E-state index contributed by atoms with van der Waals surface area (Å²) in [6, 6.07) is 0.391. The summed E-state index contributed by atoms with van der Waals surface area (Å²) in [7, 11) is 0. The molecule has 0 aliphatic heterocycles. The second-order valence-corrected chi connectivity index (χ2v) is 4.44. The van der Waals surface area contributed by atoms with Crippen molar-refractivity contribution >= 4 is 17.4 Å². The van der Waals surface area contributed by atoms with Gasteiger partial charge in [-0.2, -0.15) is 0 Å². The Bertz CT molecular complexity index is 368. The maximum Gasteiger partial charge on any atom is 0.186 e. The van der Waals surface area contributed by atoms with Crippen molar-refractivity contribution in [1.82, 2.24) is 9.97 Å². The predicted molar refractivity (Wildman–Crippen MR) is 62.4 cm³/mol. The Morgan fingerprint density at radius 3 is 2.81 bits per heavy atom. The molecule has 1 aliphatic carbocycles. The van der Waals surface area contributed by atoms with Gasteiger partial charge in [-0.3, -0.25) is 0 Å². The molecule has 1 aromatic heterocycles. The van der Waals surface area contributed by atoms with Gasteiger partial charge in [0.2, 0.25) is 0 Å². The Labute approximate surface area is 99.6 Å². The molecule has 3 nitrogen and oxygen atoms in total. The van der Waals surface area contributed by atoms with E-state index >= 15 is 0 Å². The normalized spacial score (nSPS) is 15.9. The fourth-order valence-electron chi connectivity index (χ4n) is 1.90. The van der Waals surface area contributed by atoms with E-state index in [1.54, 1.807) is 6.92 Å². The predicted octanol–water partition coefficient (Wildman–Crippen LogP) is 2.52. The third-order valence-corrected chi connectivity index (χ3v) is 3.23. The maximum absolute atomic E-state index is 13.9. The molecule has 88 valence electrons. The van der Waals surface area contributed by atoms with Gasteiger partial charge in [-0.15, -0.1) is 11.6 Å². The van der Waals surface area contributed by atoms with Gasteiger partial charge in [-0.1, -0.05) is 0 Å². The maximum atomic E-state index is 13.9. The van der Waals surface area contributed by atoms with Gasteiger partial charge in [-0.25, -0.2) is 14.4 Å².